The standard InChI is InChI=1S/C46H53N13O6/c60-40-16-15-38(45(63)51-40)59-46(64)36-27-34(13-14-37(36)52-54-59)55-20-17-32(18-21-55)44(62)47-19-5-3-1-2-4-8-41(61)57-24-22-56(23-25-57)33-11-9-31(10-12-33)42-43-53-50-30-58(43)39(29-49-42)48-28-35-7-6-26-65-35/h6-7,9-14,26-27,29-30,32,38,48H,1-5,8,15-25,28H2,(H,47,62)(H,51,60,63). The molecule has 0 saturated carbocycles. The fourth-order valence-electron chi connectivity index (χ4n) is 8.99. The van der Waals surface area contributed by atoms with E-state index in [2.05, 4.69) is 70.5 Å². The lowest BCUT2D eigenvalue weighted by molar-refractivity contribution is -0.136. The first-order valence-corrected chi connectivity index (χ1v) is 22.6. The molecule has 338 valence electrons. The van der Waals surface area contributed by atoms with Gasteiger partial charge < -0.3 is 29.8 Å². The number of hydrogen-bond acceptors (Lipinski definition) is 14. The van der Waals surface area contributed by atoms with Gasteiger partial charge >= 0.3 is 0 Å². The van der Waals surface area contributed by atoms with E-state index in [1.165, 1.54) is 0 Å². The van der Waals surface area contributed by atoms with Crippen LogP contribution in [0.25, 0.3) is 27.8 Å². The Labute approximate surface area is 374 Å². The molecule has 0 radical (unpaired) electrons. The first kappa shape index (κ1) is 43.1. The van der Waals surface area contributed by atoms with Gasteiger partial charge in [0.25, 0.3) is 11.5 Å². The van der Waals surface area contributed by atoms with Crippen molar-refractivity contribution in [1.82, 2.24) is 50.1 Å². The van der Waals surface area contributed by atoms with Crippen molar-refractivity contribution in [2.45, 2.75) is 76.8 Å². The molecule has 19 nitrogen and oxygen atoms in total. The summed E-state index contributed by atoms with van der Waals surface area (Å²) in [7, 11) is 0. The van der Waals surface area contributed by atoms with E-state index in [0.29, 0.717) is 75.1 Å². The Morgan fingerprint density at radius 3 is 2.38 bits per heavy atom. The molecule has 19 heteroatoms. The molecule has 4 amide bonds. The third-order valence-corrected chi connectivity index (χ3v) is 12.8. The lowest BCUT2D eigenvalue weighted by Crippen LogP contribution is -2.48. The topological polar surface area (TPSA) is 218 Å². The zero-order valence-electron chi connectivity index (χ0n) is 36.2. The van der Waals surface area contributed by atoms with Crippen LogP contribution in [0.1, 0.15) is 76.0 Å². The largest absolute Gasteiger partial charge is 0.467 e. The maximum absolute atomic E-state index is 13.3. The highest BCUT2D eigenvalue weighted by Crippen LogP contribution is 2.28. The normalized spacial score (nSPS) is 17.2. The minimum absolute atomic E-state index is 0.0723. The van der Waals surface area contributed by atoms with Gasteiger partial charge in [-0.15, -0.1) is 15.3 Å². The fourth-order valence-corrected chi connectivity index (χ4v) is 8.99. The molecule has 65 heavy (non-hydrogen) atoms. The van der Waals surface area contributed by atoms with E-state index in [-0.39, 0.29) is 36.5 Å². The number of piperazine rings is 1. The van der Waals surface area contributed by atoms with Gasteiger partial charge in [-0.1, -0.05) is 36.6 Å². The van der Waals surface area contributed by atoms with Crippen LogP contribution < -0.4 is 31.3 Å². The number of nitrogens with one attached hydrogen (secondary N) is 3. The number of fused-ring (bicyclic) bond motifs is 2. The molecule has 4 aromatic heterocycles. The maximum atomic E-state index is 13.3. The molecule has 1 unspecified atom stereocenters. The van der Waals surface area contributed by atoms with E-state index in [4.69, 9.17) is 9.40 Å². The van der Waals surface area contributed by atoms with E-state index in [0.717, 1.165) is 84.1 Å². The monoisotopic (exact) mass is 883 g/mol. The van der Waals surface area contributed by atoms with Crippen LogP contribution in [-0.2, 0) is 25.7 Å². The van der Waals surface area contributed by atoms with Crippen molar-refractivity contribution in [2.24, 2.45) is 5.92 Å². The molecule has 3 fully saturated rings. The Morgan fingerprint density at radius 1 is 0.831 bits per heavy atom. The minimum Gasteiger partial charge on any atom is -0.467 e. The van der Waals surface area contributed by atoms with Gasteiger partial charge in [0.2, 0.25) is 17.7 Å². The number of amides is 4. The number of rotatable bonds is 16. The molecular formula is C46H53N13O6. The second-order valence-electron chi connectivity index (χ2n) is 16.9. The third kappa shape index (κ3) is 9.83. The highest BCUT2D eigenvalue weighted by Gasteiger charge is 2.31. The Kier molecular flexibility index (Phi) is 13.1. The number of carbonyl (C=O) groups is 4. The van der Waals surface area contributed by atoms with Crippen LogP contribution in [0.15, 0.2) is 82.6 Å². The molecule has 9 rings (SSSR count). The number of carbonyl (C=O) groups excluding carboxylic acids is 4. The Morgan fingerprint density at radius 2 is 1.60 bits per heavy atom. The van der Waals surface area contributed by atoms with Crippen molar-refractivity contribution in [3.05, 3.63) is 89.5 Å². The summed E-state index contributed by atoms with van der Waals surface area (Å²) in [6.45, 7) is 5.44. The molecule has 2 aromatic carbocycles. The lowest BCUT2D eigenvalue weighted by atomic mass is 9.95. The lowest BCUT2D eigenvalue weighted by Gasteiger charge is -2.36. The van der Waals surface area contributed by atoms with Crippen molar-refractivity contribution in [3.8, 4) is 11.3 Å². The molecule has 1 atom stereocenters. The molecule has 3 N–H and O–H groups in total. The number of aromatic nitrogens is 7. The Balaban J connectivity index is 0.641. The summed E-state index contributed by atoms with van der Waals surface area (Å²) in [6.07, 6.45) is 12.1. The van der Waals surface area contributed by atoms with Crippen molar-refractivity contribution in [3.63, 3.8) is 0 Å². The molecule has 3 aliphatic rings. The molecule has 0 spiro atoms. The van der Waals surface area contributed by atoms with Gasteiger partial charge in [0.1, 0.15) is 35.2 Å². The van der Waals surface area contributed by atoms with Gasteiger partial charge in [0.05, 0.1) is 24.4 Å². The average molecular weight is 884 g/mol. The van der Waals surface area contributed by atoms with Crippen LogP contribution in [-0.4, -0.2) is 109 Å². The number of unbranched alkanes of at least 4 members (excludes halogenated alkanes) is 4. The second kappa shape index (κ2) is 19.7. The van der Waals surface area contributed by atoms with Crippen molar-refractivity contribution in [2.75, 3.05) is 60.9 Å². The van der Waals surface area contributed by atoms with Crippen molar-refractivity contribution >= 4 is 57.4 Å². The van der Waals surface area contributed by atoms with Gasteiger partial charge in [-0.05, 0) is 74.6 Å². The summed E-state index contributed by atoms with van der Waals surface area (Å²) in [5.41, 5.74) is 4.31. The summed E-state index contributed by atoms with van der Waals surface area (Å²) >= 11 is 0. The van der Waals surface area contributed by atoms with Crippen LogP contribution in [0.2, 0.25) is 0 Å². The van der Waals surface area contributed by atoms with Crippen LogP contribution >= 0.6 is 0 Å². The molecule has 3 saturated heterocycles. The fraction of sp³-hybridized carbons (Fsp3) is 0.435. The van der Waals surface area contributed by atoms with Crippen LogP contribution in [0, 0.1) is 5.92 Å². The van der Waals surface area contributed by atoms with E-state index < -0.39 is 17.5 Å². The number of anilines is 3. The summed E-state index contributed by atoms with van der Waals surface area (Å²) < 4.78 is 8.38. The molecule has 3 aliphatic heterocycles. The quantitative estimate of drug-likeness (QED) is 0.0922. The van der Waals surface area contributed by atoms with Crippen LogP contribution in [0.3, 0.4) is 0 Å². The highest BCUT2D eigenvalue weighted by atomic mass is 16.3. The predicted molar refractivity (Wildman–Crippen MR) is 242 cm³/mol. The Hall–Kier alpha value is -7.18. The number of furan rings is 1. The average Bonchev–Trinajstić information content (AvgIpc) is 4.06. The third-order valence-electron chi connectivity index (χ3n) is 12.8. The number of hydrogen-bond donors (Lipinski definition) is 3. The SMILES string of the molecule is O=C1CCC(n2nnc3ccc(N4CCC(C(=O)NCCCCCCCC(=O)N5CCN(c6ccc(-c7ncc(NCc8ccco8)n8cnnc78)cc6)CC5)CC4)cc3c2=O)C(=O)N1. The van der Waals surface area contributed by atoms with Gasteiger partial charge in [-0.25, -0.2) is 4.98 Å². The predicted octanol–water partition coefficient (Wildman–Crippen LogP) is 4.10. The van der Waals surface area contributed by atoms with Crippen molar-refractivity contribution in [1.29, 1.82) is 0 Å². The Bertz CT molecular complexity index is 2700. The number of benzene rings is 2. The summed E-state index contributed by atoms with van der Waals surface area (Å²) in [6, 6.07) is 16.6. The molecular weight excluding hydrogens is 831 g/mol. The molecule has 0 aliphatic carbocycles. The highest BCUT2D eigenvalue weighted by molar-refractivity contribution is 5.99. The summed E-state index contributed by atoms with van der Waals surface area (Å²) in [4.78, 5) is 74.6. The minimum atomic E-state index is -0.880. The number of nitrogens with zero attached hydrogens (tertiary/aromatic N) is 10. The molecule has 7 heterocycles. The summed E-state index contributed by atoms with van der Waals surface area (Å²) in [5, 5.41) is 25.7. The first-order chi connectivity index (χ1) is 31.8. The number of piperidine rings is 2. The molecule has 0 bridgehead atoms. The second-order valence-corrected chi connectivity index (χ2v) is 16.9. The van der Waals surface area contributed by atoms with Crippen molar-refractivity contribution < 1.29 is 23.6 Å². The summed E-state index contributed by atoms with van der Waals surface area (Å²) in [5.74, 6) is 0.893. The maximum Gasteiger partial charge on any atom is 0.278 e. The number of imide groups is 1. The zero-order valence-corrected chi connectivity index (χ0v) is 36.2. The van der Waals surface area contributed by atoms with Gasteiger partial charge in [0.15, 0.2) is 5.65 Å². The van der Waals surface area contributed by atoms with E-state index in [1.807, 2.05) is 27.5 Å². The van der Waals surface area contributed by atoms with E-state index in [1.54, 1.807) is 30.9 Å². The first-order valence-electron chi connectivity index (χ1n) is 22.6. The van der Waals surface area contributed by atoms with Gasteiger partial charge in [-0.3, -0.25) is 33.7 Å². The zero-order chi connectivity index (χ0) is 44.7. The van der Waals surface area contributed by atoms with E-state index >= 15 is 0 Å². The van der Waals surface area contributed by atoms with Gasteiger partial charge in [0, 0.05) is 81.5 Å². The van der Waals surface area contributed by atoms with Crippen LogP contribution in [0.5, 0.6) is 0 Å². The van der Waals surface area contributed by atoms with Gasteiger partial charge in [-0.2, -0.15) is 4.68 Å². The van der Waals surface area contributed by atoms with E-state index in [9.17, 15) is 24.0 Å². The smallest absolute Gasteiger partial charge is 0.278 e. The molecule has 6 aromatic rings. The van der Waals surface area contributed by atoms with Crippen LogP contribution in [0.4, 0.5) is 17.2 Å².